The van der Waals surface area contributed by atoms with Crippen molar-refractivity contribution in [1.82, 2.24) is 20.2 Å². The third-order valence-corrected chi connectivity index (χ3v) is 3.55. The normalized spacial score (nSPS) is 18.1. The molecule has 2 aliphatic rings. The maximum Gasteiger partial charge on any atom is 0.318 e. The number of nitrogens with one attached hydrogen (secondary N) is 1. The average Bonchev–Trinajstić information content (AvgIpc) is 2.91. The fourth-order valence-corrected chi connectivity index (χ4v) is 2.47. The van der Waals surface area contributed by atoms with E-state index in [9.17, 15) is 4.79 Å². The van der Waals surface area contributed by atoms with Crippen LogP contribution < -0.4 is 10.2 Å². The Bertz CT molecular complexity index is 502. The van der Waals surface area contributed by atoms with E-state index in [1.165, 1.54) is 0 Å². The zero-order chi connectivity index (χ0) is 13.9. The number of urea groups is 1. The topological polar surface area (TPSA) is 70.6 Å². The first-order valence-corrected chi connectivity index (χ1v) is 6.98. The molecule has 7 nitrogen and oxygen atoms in total. The molecule has 0 atom stereocenters. The fraction of sp³-hybridized carbons (Fsp3) is 0.615. The number of ether oxygens (including phenoxy) is 1. The molecular weight excluding hydrogens is 258 g/mol. The molecule has 3 heterocycles. The first-order valence-electron chi connectivity index (χ1n) is 6.98. The quantitative estimate of drug-likeness (QED) is 0.845. The standard InChI is InChI=1S/C13H19N5O2/c1-2-14-13(19)18-8-10-7-15-12(16-11(10)9-18)17-3-5-20-6-4-17/h7H,2-6,8-9H2,1H3,(H,14,19). The van der Waals surface area contributed by atoms with E-state index in [1.807, 2.05) is 13.1 Å². The Balaban J connectivity index is 1.72. The van der Waals surface area contributed by atoms with E-state index in [-0.39, 0.29) is 6.03 Å². The maximum absolute atomic E-state index is 11.8. The van der Waals surface area contributed by atoms with Gasteiger partial charge in [0.05, 0.1) is 32.0 Å². The van der Waals surface area contributed by atoms with E-state index in [2.05, 4.69) is 20.2 Å². The molecular formula is C13H19N5O2. The molecule has 0 bridgehead atoms. The van der Waals surface area contributed by atoms with Gasteiger partial charge in [0.25, 0.3) is 0 Å². The molecule has 108 valence electrons. The summed E-state index contributed by atoms with van der Waals surface area (Å²) in [6.07, 6.45) is 1.84. The first-order chi connectivity index (χ1) is 9.78. The maximum atomic E-state index is 11.8. The predicted octanol–water partition coefficient (Wildman–Crippen LogP) is 0.358. The number of nitrogens with zero attached hydrogens (tertiary/aromatic N) is 4. The summed E-state index contributed by atoms with van der Waals surface area (Å²) >= 11 is 0. The third kappa shape index (κ3) is 2.53. The van der Waals surface area contributed by atoms with Crippen molar-refractivity contribution in [3.8, 4) is 0 Å². The number of amides is 2. The molecule has 0 unspecified atom stereocenters. The summed E-state index contributed by atoms with van der Waals surface area (Å²) in [6.45, 7) is 6.76. The molecule has 1 fully saturated rings. The summed E-state index contributed by atoms with van der Waals surface area (Å²) in [6, 6.07) is -0.0431. The highest BCUT2D eigenvalue weighted by Gasteiger charge is 2.26. The van der Waals surface area contributed by atoms with Crippen LogP contribution in [0, 0.1) is 0 Å². The number of carbonyl (C=O) groups excluding carboxylic acids is 1. The van der Waals surface area contributed by atoms with Gasteiger partial charge in [0, 0.05) is 31.4 Å². The van der Waals surface area contributed by atoms with Crippen molar-refractivity contribution in [2.75, 3.05) is 37.7 Å². The Hall–Kier alpha value is -1.89. The van der Waals surface area contributed by atoms with Gasteiger partial charge in [0.15, 0.2) is 0 Å². The van der Waals surface area contributed by atoms with Gasteiger partial charge in [-0.15, -0.1) is 0 Å². The largest absolute Gasteiger partial charge is 0.378 e. The van der Waals surface area contributed by atoms with E-state index in [1.54, 1.807) is 4.90 Å². The Labute approximate surface area is 117 Å². The van der Waals surface area contributed by atoms with Gasteiger partial charge >= 0.3 is 6.03 Å². The molecule has 3 rings (SSSR count). The summed E-state index contributed by atoms with van der Waals surface area (Å²) in [7, 11) is 0. The highest BCUT2D eigenvalue weighted by atomic mass is 16.5. The zero-order valence-electron chi connectivity index (χ0n) is 11.6. The summed E-state index contributed by atoms with van der Waals surface area (Å²) in [5, 5.41) is 2.81. The number of anilines is 1. The van der Waals surface area contributed by atoms with Gasteiger partial charge < -0.3 is 19.9 Å². The summed E-state index contributed by atoms with van der Waals surface area (Å²) < 4.78 is 5.33. The lowest BCUT2D eigenvalue weighted by Crippen LogP contribution is -2.37. The van der Waals surface area contributed by atoms with Crippen LogP contribution in [0.4, 0.5) is 10.7 Å². The second kappa shape index (κ2) is 5.62. The van der Waals surface area contributed by atoms with Crippen molar-refractivity contribution in [1.29, 1.82) is 0 Å². The fourth-order valence-electron chi connectivity index (χ4n) is 2.47. The number of fused-ring (bicyclic) bond motifs is 1. The summed E-state index contributed by atoms with van der Waals surface area (Å²) in [5.41, 5.74) is 1.99. The number of hydrogen-bond acceptors (Lipinski definition) is 5. The van der Waals surface area contributed by atoms with Crippen molar-refractivity contribution in [2.24, 2.45) is 0 Å². The molecule has 1 aromatic rings. The molecule has 1 saturated heterocycles. The molecule has 0 saturated carbocycles. The van der Waals surface area contributed by atoms with E-state index < -0.39 is 0 Å². The van der Waals surface area contributed by atoms with Crippen LogP contribution in [-0.2, 0) is 17.8 Å². The summed E-state index contributed by atoms with van der Waals surface area (Å²) in [4.78, 5) is 24.7. The van der Waals surface area contributed by atoms with E-state index in [0.717, 1.165) is 30.3 Å². The number of carbonyl (C=O) groups is 1. The Morgan fingerprint density at radius 3 is 2.95 bits per heavy atom. The lowest BCUT2D eigenvalue weighted by molar-refractivity contribution is 0.122. The van der Waals surface area contributed by atoms with Crippen LogP contribution in [0.1, 0.15) is 18.2 Å². The third-order valence-electron chi connectivity index (χ3n) is 3.55. The number of rotatable bonds is 2. The summed E-state index contributed by atoms with van der Waals surface area (Å²) in [5.74, 6) is 0.741. The minimum absolute atomic E-state index is 0.0431. The van der Waals surface area contributed by atoms with Crippen LogP contribution in [0.3, 0.4) is 0 Å². The van der Waals surface area contributed by atoms with E-state index >= 15 is 0 Å². The van der Waals surface area contributed by atoms with Crippen LogP contribution in [0.15, 0.2) is 6.20 Å². The van der Waals surface area contributed by atoms with Crippen LogP contribution in [0.25, 0.3) is 0 Å². The molecule has 0 aliphatic carbocycles. The first kappa shape index (κ1) is 13.1. The average molecular weight is 277 g/mol. The molecule has 0 spiro atoms. The SMILES string of the molecule is CCNC(=O)N1Cc2cnc(N3CCOCC3)nc2C1. The van der Waals surface area contributed by atoms with Crippen LogP contribution in [0.5, 0.6) is 0 Å². The molecule has 1 N–H and O–H groups in total. The van der Waals surface area contributed by atoms with Gasteiger partial charge in [-0.1, -0.05) is 0 Å². The van der Waals surface area contributed by atoms with Crippen molar-refractivity contribution in [3.05, 3.63) is 17.5 Å². The lowest BCUT2D eigenvalue weighted by Gasteiger charge is -2.26. The van der Waals surface area contributed by atoms with Gasteiger partial charge in [-0.3, -0.25) is 0 Å². The second-order valence-corrected chi connectivity index (χ2v) is 4.93. The molecule has 0 radical (unpaired) electrons. The lowest BCUT2D eigenvalue weighted by atomic mass is 10.3. The van der Waals surface area contributed by atoms with Crippen molar-refractivity contribution < 1.29 is 9.53 Å². The molecule has 20 heavy (non-hydrogen) atoms. The van der Waals surface area contributed by atoms with Gasteiger partial charge in [0.1, 0.15) is 0 Å². The van der Waals surface area contributed by atoms with Crippen LogP contribution in [0.2, 0.25) is 0 Å². The molecule has 1 aromatic heterocycles. The Morgan fingerprint density at radius 1 is 1.40 bits per heavy atom. The molecule has 7 heteroatoms. The van der Waals surface area contributed by atoms with Crippen molar-refractivity contribution >= 4 is 12.0 Å². The van der Waals surface area contributed by atoms with Crippen molar-refractivity contribution in [3.63, 3.8) is 0 Å². The minimum atomic E-state index is -0.0431. The Kier molecular flexibility index (Phi) is 3.68. The van der Waals surface area contributed by atoms with Crippen LogP contribution >= 0.6 is 0 Å². The Morgan fingerprint density at radius 2 is 2.20 bits per heavy atom. The zero-order valence-corrected chi connectivity index (χ0v) is 11.6. The predicted molar refractivity (Wildman–Crippen MR) is 73.4 cm³/mol. The number of hydrogen-bond donors (Lipinski definition) is 1. The van der Waals surface area contributed by atoms with Gasteiger partial charge in [0.2, 0.25) is 5.95 Å². The van der Waals surface area contributed by atoms with Gasteiger partial charge in [-0.05, 0) is 6.92 Å². The van der Waals surface area contributed by atoms with Gasteiger partial charge in [-0.2, -0.15) is 0 Å². The monoisotopic (exact) mass is 277 g/mol. The van der Waals surface area contributed by atoms with Gasteiger partial charge in [-0.25, -0.2) is 14.8 Å². The number of morpholine rings is 1. The van der Waals surface area contributed by atoms with E-state index in [4.69, 9.17) is 4.74 Å². The minimum Gasteiger partial charge on any atom is -0.378 e. The highest BCUT2D eigenvalue weighted by Crippen LogP contribution is 2.22. The second-order valence-electron chi connectivity index (χ2n) is 4.93. The smallest absolute Gasteiger partial charge is 0.318 e. The molecule has 2 aliphatic heterocycles. The van der Waals surface area contributed by atoms with E-state index in [0.29, 0.717) is 32.8 Å². The number of aromatic nitrogens is 2. The molecule has 2 amide bonds. The molecule has 0 aromatic carbocycles. The highest BCUT2D eigenvalue weighted by molar-refractivity contribution is 5.74. The van der Waals surface area contributed by atoms with Crippen molar-refractivity contribution in [2.45, 2.75) is 20.0 Å². The van der Waals surface area contributed by atoms with Crippen LogP contribution in [-0.4, -0.2) is 53.7 Å².